The topological polar surface area (TPSA) is 88.4 Å². The molecule has 3 N–H and O–H groups in total. The van der Waals surface area contributed by atoms with Gasteiger partial charge >= 0.3 is 0 Å². The Bertz CT molecular complexity index is 968. The van der Waals surface area contributed by atoms with Crippen LogP contribution in [0.25, 0.3) is 0 Å². The molecule has 180 valence electrons. The molecule has 1 aliphatic carbocycles. The molecule has 0 amide bonds. The Hall–Kier alpha value is -2.58. The smallest absolute Gasteiger partial charge is 0.115 e. The van der Waals surface area contributed by atoms with E-state index in [-0.39, 0.29) is 26.4 Å². The van der Waals surface area contributed by atoms with Crippen molar-refractivity contribution in [3.05, 3.63) is 108 Å². The van der Waals surface area contributed by atoms with Crippen LogP contribution in [0.4, 0.5) is 0 Å². The van der Waals surface area contributed by atoms with Gasteiger partial charge in [-0.2, -0.15) is 0 Å². The van der Waals surface area contributed by atoms with E-state index in [1.807, 2.05) is 91.0 Å². The van der Waals surface area contributed by atoms with Gasteiger partial charge in [0.25, 0.3) is 0 Å². The zero-order valence-corrected chi connectivity index (χ0v) is 19.0. The lowest BCUT2D eigenvalue weighted by molar-refractivity contribution is -0.253. The summed E-state index contributed by atoms with van der Waals surface area (Å²) in [7, 11) is 0. The molecule has 6 nitrogen and oxygen atoms in total. The van der Waals surface area contributed by atoms with Crippen molar-refractivity contribution in [3.8, 4) is 0 Å². The molecular formula is C28H32O6. The third-order valence-corrected chi connectivity index (χ3v) is 6.26. The quantitative estimate of drug-likeness (QED) is 0.427. The van der Waals surface area contributed by atoms with E-state index in [1.54, 1.807) is 0 Å². The fraction of sp³-hybridized carbons (Fsp3) is 0.357. The van der Waals surface area contributed by atoms with Crippen LogP contribution in [-0.2, 0) is 34.0 Å². The zero-order valence-electron chi connectivity index (χ0n) is 19.0. The summed E-state index contributed by atoms with van der Waals surface area (Å²) in [5.41, 5.74) is 2.87. The first kappa shape index (κ1) is 24.5. The fourth-order valence-corrected chi connectivity index (χ4v) is 4.38. The van der Waals surface area contributed by atoms with Crippen molar-refractivity contribution < 1.29 is 29.5 Å². The molecular weight excluding hydrogens is 432 g/mol. The normalized spacial score (nSPS) is 26.9. The Balaban J connectivity index is 1.57. The minimum Gasteiger partial charge on any atom is -0.396 e. The maximum Gasteiger partial charge on any atom is 0.115 e. The number of ether oxygens (including phenoxy) is 3. The third kappa shape index (κ3) is 6.10. The molecule has 3 aromatic rings. The van der Waals surface area contributed by atoms with Gasteiger partial charge in [0.05, 0.1) is 38.6 Å². The van der Waals surface area contributed by atoms with E-state index >= 15 is 0 Å². The Kier molecular flexibility index (Phi) is 8.82. The largest absolute Gasteiger partial charge is 0.396 e. The lowest BCUT2D eigenvalue weighted by Crippen LogP contribution is -2.64. The van der Waals surface area contributed by atoms with E-state index in [0.717, 1.165) is 16.7 Å². The molecule has 1 unspecified atom stereocenters. The number of hydrogen-bond donors (Lipinski definition) is 3. The van der Waals surface area contributed by atoms with Crippen LogP contribution in [0.3, 0.4) is 0 Å². The van der Waals surface area contributed by atoms with E-state index in [4.69, 9.17) is 14.2 Å². The van der Waals surface area contributed by atoms with Crippen molar-refractivity contribution in [2.24, 2.45) is 5.92 Å². The molecule has 6 atom stereocenters. The summed E-state index contributed by atoms with van der Waals surface area (Å²) in [5.74, 6) is -0.726. The molecule has 1 aliphatic rings. The summed E-state index contributed by atoms with van der Waals surface area (Å²) in [5, 5.41) is 31.9. The van der Waals surface area contributed by atoms with Gasteiger partial charge in [0, 0.05) is 5.92 Å². The predicted molar refractivity (Wildman–Crippen MR) is 128 cm³/mol. The van der Waals surface area contributed by atoms with Gasteiger partial charge < -0.3 is 29.5 Å². The lowest BCUT2D eigenvalue weighted by Gasteiger charge is -2.46. The molecule has 0 spiro atoms. The van der Waals surface area contributed by atoms with Gasteiger partial charge in [0.2, 0.25) is 0 Å². The van der Waals surface area contributed by atoms with E-state index in [0.29, 0.717) is 0 Å². The Morgan fingerprint density at radius 2 is 0.882 bits per heavy atom. The van der Waals surface area contributed by atoms with E-state index < -0.39 is 36.4 Å². The summed E-state index contributed by atoms with van der Waals surface area (Å²) in [6.45, 7) is 0.453. The molecule has 0 bridgehead atoms. The number of hydrogen-bond acceptors (Lipinski definition) is 6. The standard InChI is InChI=1S/C28H32O6/c29-16-23-24(30)25(31)27(33-18-21-12-6-2-7-13-21)28(34-19-22-14-8-3-9-15-22)26(23)32-17-20-10-4-1-5-11-20/h1-15,23-31H,16-19H2/t23-,24?,25-,26+,27-,28-/m0/s1. The summed E-state index contributed by atoms with van der Waals surface area (Å²) in [6, 6.07) is 29.0. The SMILES string of the molecule is OC[C@H]1C(O)[C@H](O)[C@H](OCc2ccccc2)[C@@H](OCc2ccccc2)[C@@H]1OCc1ccccc1. The van der Waals surface area contributed by atoms with Crippen LogP contribution in [-0.4, -0.2) is 52.4 Å². The van der Waals surface area contributed by atoms with Gasteiger partial charge in [-0.25, -0.2) is 0 Å². The van der Waals surface area contributed by atoms with Gasteiger partial charge in [-0.3, -0.25) is 0 Å². The molecule has 34 heavy (non-hydrogen) atoms. The van der Waals surface area contributed by atoms with Crippen LogP contribution in [0, 0.1) is 5.92 Å². The maximum absolute atomic E-state index is 11.0. The Morgan fingerprint density at radius 3 is 1.29 bits per heavy atom. The highest BCUT2D eigenvalue weighted by atomic mass is 16.6. The molecule has 0 heterocycles. The number of aliphatic hydroxyl groups is 3. The van der Waals surface area contributed by atoms with Gasteiger partial charge in [-0.05, 0) is 16.7 Å². The second kappa shape index (κ2) is 12.2. The highest BCUT2D eigenvalue weighted by molar-refractivity contribution is 5.16. The van der Waals surface area contributed by atoms with Crippen LogP contribution in [0.15, 0.2) is 91.0 Å². The lowest BCUT2D eigenvalue weighted by atomic mass is 9.78. The van der Waals surface area contributed by atoms with Crippen LogP contribution < -0.4 is 0 Å². The highest BCUT2D eigenvalue weighted by Crippen LogP contribution is 2.34. The monoisotopic (exact) mass is 464 g/mol. The van der Waals surface area contributed by atoms with Gasteiger partial charge in [-0.1, -0.05) is 91.0 Å². The van der Waals surface area contributed by atoms with Crippen molar-refractivity contribution >= 4 is 0 Å². The molecule has 3 aromatic carbocycles. The van der Waals surface area contributed by atoms with E-state index in [2.05, 4.69) is 0 Å². The van der Waals surface area contributed by atoms with E-state index in [1.165, 1.54) is 0 Å². The van der Waals surface area contributed by atoms with Crippen LogP contribution >= 0.6 is 0 Å². The molecule has 6 heteroatoms. The van der Waals surface area contributed by atoms with Crippen molar-refractivity contribution in [1.29, 1.82) is 0 Å². The van der Waals surface area contributed by atoms with Crippen molar-refractivity contribution in [1.82, 2.24) is 0 Å². The summed E-state index contributed by atoms with van der Waals surface area (Å²) in [4.78, 5) is 0. The summed E-state index contributed by atoms with van der Waals surface area (Å²) < 4.78 is 18.7. The van der Waals surface area contributed by atoms with Crippen molar-refractivity contribution in [3.63, 3.8) is 0 Å². The zero-order chi connectivity index (χ0) is 23.8. The highest BCUT2D eigenvalue weighted by Gasteiger charge is 2.51. The van der Waals surface area contributed by atoms with Gasteiger partial charge in [-0.15, -0.1) is 0 Å². The fourth-order valence-electron chi connectivity index (χ4n) is 4.38. The molecule has 4 rings (SSSR count). The molecule has 1 fully saturated rings. The minimum atomic E-state index is -1.24. The van der Waals surface area contributed by atoms with Crippen LogP contribution in [0.1, 0.15) is 16.7 Å². The number of aliphatic hydroxyl groups excluding tert-OH is 3. The number of benzene rings is 3. The number of rotatable bonds is 10. The molecule has 0 aliphatic heterocycles. The second-order valence-electron chi connectivity index (χ2n) is 8.61. The Morgan fingerprint density at radius 1 is 0.500 bits per heavy atom. The molecule has 0 aromatic heterocycles. The van der Waals surface area contributed by atoms with Gasteiger partial charge in [0.1, 0.15) is 18.3 Å². The second-order valence-corrected chi connectivity index (χ2v) is 8.61. The van der Waals surface area contributed by atoms with Gasteiger partial charge in [0.15, 0.2) is 0 Å². The van der Waals surface area contributed by atoms with Crippen LogP contribution in [0.5, 0.6) is 0 Å². The molecule has 0 radical (unpaired) electrons. The first-order chi connectivity index (χ1) is 16.7. The van der Waals surface area contributed by atoms with Crippen LogP contribution in [0.2, 0.25) is 0 Å². The average molecular weight is 465 g/mol. The Labute approximate surface area is 200 Å². The summed E-state index contributed by atoms with van der Waals surface area (Å²) in [6.07, 6.45) is -4.69. The van der Waals surface area contributed by atoms with Crippen molar-refractivity contribution in [2.45, 2.75) is 50.3 Å². The molecule has 0 saturated heterocycles. The minimum absolute atomic E-state index is 0.246. The molecule has 1 saturated carbocycles. The first-order valence-electron chi connectivity index (χ1n) is 11.6. The van der Waals surface area contributed by atoms with Crippen molar-refractivity contribution in [2.75, 3.05) is 6.61 Å². The first-order valence-corrected chi connectivity index (χ1v) is 11.6. The third-order valence-electron chi connectivity index (χ3n) is 6.26. The predicted octanol–water partition coefficient (Wildman–Crippen LogP) is 3.09. The average Bonchev–Trinajstić information content (AvgIpc) is 2.89. The maximum atomic E-state index is 11.0. The summed E-state index contributed by atoms with van der Waals surface area (Å²) >= 11 is 0. The van der Waals surface area contributed by atoms with E-state index in [9.17, 15) is 15.3 Å².